The van der Waals surface area contributed by atoms with Crippen LogP contribution in [0.3, 0.4) is 0 Å². The third-order valence-corrected chi connectivity index (χ3v) is 4.39. The maximum absolute atomic E-state index is 10.3. The van der Waals surface area contributed by atoms with Crippen LogP contribution < -0.4 is 0 Å². The van der Waals surface area contributed by atoms with Crippen LogP contribution in [0.25, 0.3) is 4.96 Å². The van der Waals surface area contributed by atoms with Crippen molar-refractivity contribution in [2.45, 2.75) is 25.6 Å². The predicted molar refractivity (Wildman–Crippen MR) is 74.6 cm³/mol. The van der Waals surface area contributed by atoms with E-state index in [1.54, 1.807) is 11.3 Å². The van der Waals surface area contributed by atoms with E-state index in [0.717, 1.165) is 30.3 Å². The smallest absolute Gasteiger partial charge is 0.193 e. The zero-order valence-electron chi connectivity index (χ0n) is 11.0. The van der Waals surface area contributed by atoms with Crippen molar-refractivity contribution in [3.63, 3.8) is 0 Å². The molecule has 0 spiro atoms. The van der Waals surface area contributed by atoms with Gasteiger partial charge in [0.1, 0.15) is 0 Å². The highest BCUT2D eigenvalue weighted by molar-refractivity contribution is 7.15. The van der Waals surface area contributed by atoms with Crippen molar-refractivity contribution in [1.29, 1.82) is 0 Å². The second kappa shape index (κ2) is 5.58. The van der Waals surface area contributed by atoms with Gasteiger partial charge in [0, 0.05) is 37.3 Å². The molecule has 19 heavy (non-hydrogen) atoms. The van der Waals surface area contributed by atoms with Gasteiger partial charge in [0.15, 0.2) is 4.96 Å². The Morgan fingerprint density at radius 3 is 3.32 bits per heavy atom. The number of fused-ring (bicyclic) bond motifs is 1. The normalized spacial score (nSPS) is 22.9. The van der Waals surface area contributed by atoms with Gasteiger partial charge < -0.3 is 9.84 Å². The number of morpholine rings is 1. The Morgan fingerprint density at radius 2 is 2.53 bits per heavy atom. The summed E-state index contributed by atoms with van der Waals surface area (Å²) in [5.74, 6) is 0. The minimum Gasteiger partial charge on any atom is -0.390 e. The summed E-state index contributed by atoms with van der Waals surface area (Å²) in [5, 5.41) is 12.3. The first-order chi connectivity index (χ1) is 9.26. The maximum Gasteiger partial charge on any atom is 0.193 e. The molecule has 3 rings (SSSR count). The molecule has 2 aromatic heterocycles. The Morgan fingerprint density at radius 1 is 1.63 bits per heavy atom. The molecule has 0 saturated carbocycles. The lowest BCUT2D eigenvalue weighted by Crippen LogP contribution is -2.48. The van der Waals surface area contributed by atoms with Crippen LogP contribution in [0.5, 0.6) is 0 Å². The van der Waals surface area contributed by atoms with Gasteiger partial charge in [0.25, 0.3) is 0 Å². The molecule has 1 fully saturated rings. The van der Waals surface area contributed by atoms with Crippen LogP contribution in [0.1, 0.15) is 12.6 Å². The van der Waals surface area contributed by atoms with Gasteiger partial charge in [0.05, 0.1) is 24.5 Å². The molecule has 0 radical (unpaired) electrons. The van der Waals surface area contributed by atoms with E-state index in [1.165, 1.54) is 0 Å². The lowest BCUT2D eigenvalue weighted by Gasteiger charge is -2.34. The van der Waals surface area contributed by atoms with Crippen molar-refractivity contribution in [2.24, 2.45) is 0 Å². The fourth-order valence-corrected chi connectivity index (χ4v) is 3.19. The van der Waals surface area contributed by atoms with E-state index < -0.39 is 6.10 Å². The average Bonchev–Trinajstić information content (AvgIpc) is 2.99. The van der Waals surface area contributed by atoms with Crippen molar-refractivity contribution < 1.29 is 9.84 Å². The number of likely N-dealkylation sites (N-methyl/N-ethyl adjacent to an activating group) is 1. The van der Waals surface area contributed by atoms with Crippen molar-refractivity contribution in [1.82, 2.24) is 14.3 Å². The number of aliphatic hydroxyl groups is 1. The van der Waals surface area contributed by atoms with Crippen LogP contribution in [0.15, 0.2) is 17.8 Å². The first kappa shape index (κ1) is 13.1. The van der Waals surface area contributed by atoms with Crippen molar-refractivity contribution >= 4 is 16.3 Å². The molecule has 2 atom stereocenters. The van der Waals surface area contributed by atoms with Crippen LogP contribution in [0.2, 0.25) is 0 Å². The SMILES string of the molecule is CCN1CCOC(C(O)Cc2cn3ccsc3n2)C1. The van der Waals surface area contributed by atoms with Crippen LogP contribution in [-0.2, 0) is 11.2 Å². The number of hydrogen-bond acceptors (Lipinski definition) is 5. The molecule has 1 aliphatic heterocycles. The highest BCUT2D eigenvalue weighted by Crippen LogP contribution is 2.16. The van der Waals surface area contributed by atoms with E-state index in [4.69, 9.17) is 4.74 Å². The van der Waals surface area contributed by atoms with E-state index in [2.05, 4.69) is 16.8 Å². The fraction of sp³-hybridized carbons (Fsp3) is 0.615. The first-order valence-electron chi connectivity index (χ1n) is 6.69. The van der Waals surface area contributed by atoms with Gasteiger partial charge in [-0.25, -0.2) is 4.98 Å². The van der Waals surface area contributed by atoms with Gasteiger partial charge in [0.2, 0.25) is 0 Å². The Labute approximate surface area is 116 Å². The highest BCUT2D eigenvalue weighted by Gasteiger charge is 2.26. The van der Waals surface area contributed by atoms with Gasteiger partial charge in [-0.2, -0.15) is 0 Å². The van der Waals surface area contributed by atoms with E-state index in [9.17, 15) is 5.11 Å². The average molecular weight is 281 g/mol. The monoisotopic (exact) mass is 281 g/mol. The second-order valence-electron chi connectivity index (χ2n) is 4.90. The molecule has 2 unspecified atom stereocenters. The lowest BCUT2D eigenvalue weighted by molar-refractivity contribution is -0.0869. The topological polar surface area (TPSA) is 50.0 Å². The highest BCUT2D eigenvalue weighted by atomic mass is 32.1. The lowest BCUT2D eigenvalue weighted by atomic mass is 10.1. The van der Waals surface area contributed by atoms with Gasteiger partial charge in [-0.1, -0.05) is 6.92 Å². The van der Waals surface area contributed by atoms with E-state index in [-0.39, 0.29) is 6.10 Å². The molecule has 0 aromatic carbocycles. The zero-order chi connectivity index (χ0) is 13.2. The molecule has 1 saturated heterocycles. The van der Waals surface area contributed by atoms with Crippen LogP contribution in [0, 0.1) is 0 Å². The quantitative estimate of drug-likeness (QED) is 0.909. The van der Waals surface area contributed by atoms with E-state index >= 15 is 0 Å². The number of aromatic nitrogens is 2. The zero-order valence-corrected chi connectivity index (χ0v) is 11.8. The standard InChI is InChI=1S/C13H19N3O2S/c1-2-15-3-5-18-12(9-15)11(17)7-10-8-16-4-6-19-13(16)14-10/h4,6,8,11-12,17H,2-3,5,7,9H2,1H3. The van der Waals surface area contributed by atoms with Crippen LogP contribution in [-0.4, -0.2) is 57.8 Å². The Bertz CT molecular complexity index is 510. The summed E-state index contributed by atoms with van der Waals surface area (Å²) < 4.78 is 7.67. The van der Waals surface area contributed by atoms with E-state index in [1.807, 2.05) is 22.2 Å². The molecule has 6 heteroatoms. The van der Waals surface area contributed by atoms with Gasteiger partial charge in [-0.05, 0) is 6.54 Å². The van der Waals surface area contributed by atoms with Crippen LogP contribution >= 0.6 is 11.3 Å². The Balaban J connectivity index is 1.63. The number of rotatable bonds is 4. The summed E-state index contributed by atoms with van der Waals surface area (Å²) >= 11 is 1.61. The molecule has 0 bridgehead atoms. The predicted octanol–water partition coefficient (Wildman–Crippen LogP) is 1.02. The third kappa shape index (κ3) is 2.81. The van der Waals surface area contributed by atoms with Gasteiger partial charge in [-0.3, -0.25) is 9.30 Å². The van der Waals surface area contributed by atoms with Gasteiger partial charge in [-0.15, -0.1) is 11.3 Å². The Hall–Kier alpha value is -0.950. The van der Waals surface area contributed by atoms with Crippen molar-refractivity contribution in [3.05, 3.63) is 23.5 Å². The number of aliphatic hydroxyl groups excluding tert-OH is 1. The first-order valence-corrected chi connectivity index (χ1v) is 7.57. The van der Waals surface area contributed by atoms with Crippen molar-refractivity contribution in [3.8, 4) is 0 Å². The molecule has 1 aliphatic rings. The molecule has 5 nitrogen and oxygen atoms in total. The minimum absolute atomic E-state index is 0.103. The summed E-state index contributed by atoms with van der Waals surface area (Å²) in [7, 11) is 0. The molecule has 1 N–H and O–H groups in total. The molecular formula is C13H19N3O2S. The summed E-state index contributed by atoms with van der Waals surface area (Å²) in [6, 6.07) is 0. The summed E-state index contributed by atoms with van der Waals surface area (Å²) in [5.41, 5.74) is 0.927. The summed E-state index contributed by atoms with van der Waals surface area (Å²) in [4.78, 5) is 7.78. The molecule has 0 amide bonds. The van der Waals surface area contributed by atoms with Crippen LogP contribution in [0.4, 0.5) is 0 Å². The molecule has 3 heterocycles. The number of thiazole rings is 1. The number of hydrogen-bond donors (Lipinski definition) is 1. The third-order valence-electron chi connectivity index (χ3n) is 3.62. The fourth-order valence-electron chi connectivity index (χ4n) is 2.47. The number of nitrogens with zero attached hydrogens (tertiary/aromatic N) is 3. The summed E-state index contributed by atoms with van der Waals surface area (Å²) in [6.07, 6.45) is 3.93. The Kier molecular flexibility index (Phi) is 3.83. The molecule has 2 aromatic rings. The summed E-state index contributed by atoms with van der Waals surface area (Å²) in [6.45, 7) is 5.61. The maximum atomic E-state index is 10.3. The molecular weight excluding hydrogens is 262 g/mol. The minimum atomic E-state index is -0.487. The van der Waals surface area contributed by atoms with Gasteiger partial charge >= 0.3 is 0 Å². The number of imidazole rings is 1. The second-order valence-corrected chi connectivity index (χ2v) is 5.77. The molecule has 104 valence electrons. The largest absolute Gasteiger partial charge is 0.390 e. The van der Waals surface area contributed by atoms with E-state index in [0.29, 0.717) is 13.0 Å². The molecule has 0 aliphatic carbocycles. The number of ether oxygens (including phenoxy) is 1. The van der Waals surface area contributed by atoms with Crippen molar-refractivity contribution in [2.75, 3.05) is 26.2 Å².